The topological polar surface area (TPSA) is 111 Å². The van der Waals surface area contributed by atoms with E-state index >= 15 is 0 Å². The number of rotatable bonds is 7. The fraction of sp³-hybridized carbons (Fsp3) is 0.286. The third-order valence-corrected chi connectivity index (χ3v) is 5.10. The molecule has 0 aliphatic carbocycles. The first-order valence-corrected chi connectivity index (χ1v) is 9.76. The van der Waals surface area contributed by atoms with Gasteiger partial charge in [0.1, 0.15) is 18.4 Å². The van der Waals surface area contributed by atoms with E-state index in [2.05, 4.69) is 20.8 Å². The van der Waals surface area contributed by atoms with Crippen molar-refractivity contribution < 1.29 is 19.1 Å². The summed E-state index contributed by atoms with van der Waals surface area (Å²) in [4.78, 5) is 26.3. The van der Waals surface area contributed by atoms with Crippen LogP contribution in [0.5, 0.6) is 5.75 Å². The van der Waals surface area contributed by atoms with Crippen LogP contribution in [0.3, 0.4) is 0 Å². The normalized spacial score (nSPS) is 17.7. The summed E-state index contributed by atoms with van der Waals surface area (Å²) < 4.78 is 11.9. The van der Waals surface area contributed by atoms with Crippen LogP contribution < -0.4 is 15.0 Å². The van der Waals surface area contributed by atoms with Gasteiger partial charge in [0.25, 0.3) is 11.9 Å². The predicted octanol–water partition coefficient (Wildman–Crippen LogP) is 1.76. The smallest absolute Gasteiger partial charge is 0.408 e. The maximum absolute atomic E-state index is 12.7. The Bertz CT molecular complexity index is 1050. The minimum atomic E-state index is -0.700. The summed E-state index contributed by atoms with van der Waals surface area (Å²) in [6, 6.07) is 15.8. The molecule has 0 bridgehead atoms. The van der Waals surface area contributed by atoms with Crippen LogP contribution in [0.2, 0.25) is 0 Å². The van der Waals surface area contributed by atoms with Gasteiger partial charge in [-0.25, -0.2) is 9.48 Å². The molecule has 160 valence electrons. The summed E-state index contributed by atoms with van der Waals surface area (Å²) in [6.07, 6.45) is -0.647. The van der Waals surface area contributed by atoms with Gasteiger partial charge in [0.2, 0.25) is 0 Å². The van der Waals surface area contributed by atoms with Crippen LogP contribution in [0.1, 0.15) is 18.1 Å². The second-order valence-corrected chi connectivity index (χ2v) is 7.12. The molecule has 1 aromatic heterocycles. The minimum Gasteiger partial charge on any atom is -0.497 e. The van der Waals surface area contributed by atoms with Crippen molar-refractivity contribution in [3.8, 4) is 5.75 Å². The lowest BCUT2D eigenvalue weighted by atomic mass is 9.97. The third-order valence-electron chi connectivity index (χ3n) is 5.10. The van der Waals surface area contributed by atoms with E-state index in [0.717, 1.165) is 16.9 Å². The van der Waals surface area contributed by atoms with E-state index in [1.54, 1.807) is 11.8 Å². The number of aromatic nitrogens is 4. The first-order chi connectivity index (χ1) is 15.1. The summed E-state index contributed by atoms with van der Waals surface area (Å²) in [7, 11) is 1.60. The van der Waals surface area contributed by atoms with Crippen LogP contribution in [0.4, 0.5) is 10.7 Å². The van der Waals surface area contributed by atoms with Gasteiger partial charge in [-0.3, -0.25) is 9.69 Å². The first-order valence-electron chi connectivity index (χ1n) is 9.76. The van der Waals surface area contributed by atoms with Gasteiger partial charge in [-0.05, 0) is 40.6 Å². The number of carbonyl (C=O) groups is 2. The lowest BCUT2D eigenvalue weighted by Gasteiger charge is -2.43. The zero-order valence-corrected chi connectivity index (χ0v) is 17.1. The Morgan fingerprint density at radius 3 is 2.52 bits per heavy atom. The molecule has 2 atom stereocenters. The number of nitrogens with one attached hydrogen (secondary N) is 1. The average Bonchev–Trinajstić information content (AvgIpc) is 3.24. The molecule has 0 unspecified atom stereocenters. The molecule has 0 saturated carbocycles. The Morgan fingerprint density at radius 1 is 1.10 bits per heavy atom. The van der Waals surface area contributed by atoms with E-state index in [1.165, 1.54) is 4.90 Å². The molecule has 2 heterocycles. The number of methoxy groups -OCH3 is 1. The molecule has 1 aliphatic rings. The van der Waals surface area contributed by atoms with E-state index in [9.17, 15) is 9.59 Å². The monoisotopic (exact) mass is 422 g/mol. The highest BCUT2D eigenvalue weighted by molar-refractivity contribution is 6.05. The Kier molecular flexibility index (Phi) is 5.78. The fourth-order valence-electron chi connectivity index (χ4n) is 3.36. The first kappa shape index (κ1) is 20.3. The molecular formula is C21H22N6O4. The highest BCUT2D eigenvalue weighted by atomic mass is 16.5. The molecule has 1 N–H and O–H groups in total. The summed E-state index contributed by atoms with van der Waals surface area (Å²) in [5.74, 6) is 0.777. The van der Waals surface area contributed by atoms with Crippen molar-refractivity contribution in [2.75, 3.05) is 12.0 Å². The van der Waals surface area contributed by atoms with Crippen molar-refractivity contribution in [1.29, 1.82) is 0 Å². The predicted molar refractivity (Wildman–Crippen MR) is 110 cm³/mol. The van der Waals surface area contributed by atoms with Crippen LogP contribution in [-0.4, -0.2) is 51.4 Å². The minimum absolute atomic E-state index is 0.131. The second-order valence-electron chi connectivity index (χ2n) is 7.12. The summed E-state index contributed by atoms with van der Waals surface area (Å²) in [6.45, 7) is 2.34. The highest BCUT2D eigenvalue weighted by Gasteiger charge is 2.48. The number of hydrogen-bond donors (Lipinski definition) is 1. The summed E-state index contributed by atoms with van der Waals surface area (Å²) in [5, 5.41) is 14.3. The van der Waals surface area contributed by atoms with Crippen molar-refractivity contribution in [3.05, 3.63) is 65.7 Å². The van der Waals surface area contributed by atoms with Gasteiger partial charge in [0.05, 0.1) is 19.7 Å². The number of anilines is 1. The number of hydrogen-bond acceptors (Lipinski definition) is 7. The molecule has 10 heteroatoms. The Hall–Kier alpha value is -3.95. The van der Waals surface area contributed by atoms with E-state index < -0.39 is 12.1 Å². The van der Waals surface area contributed by atoms with Gasteiger partial charge in [-0.1, -0.05) is 47.6 Å². The number of β-lactam (4-membered cyclic amide) rings is 1. The van der Waals surface area contributed by atoms with Crippen LogP contribution >= 0.6 is 0 Å². The van der Waals surface area contributed by atoms with Crippen LogP contribution in [0.15, 0.2) is 54.6 Å². The van der Waals surface area contributed by atoms with Gasteiger partial charge in [-0.15, -0.1) is 0 Å². The number of amides is 2. The lowest BCUT2D eigenvalue weighted by molar-refractivity contribution is -0.126. The number of nitrogens with zero attached hydrogens (tertiary/aromatic N) is 5. The Balaban J connectivity index is 1.36. The number of alkyl carbamates (subject to hydrolysis) is 1. The molecule has 1 aliphatic heterocycles. The SMILES string of the molecule is COc1ccc(Cn2nnnc2N2C(=O)[C@@H](NC(=O)OCc3ccccc3)[C@H]2C)cc1. The average molecular weight is 422 g/mol. The quantitative estimate of drug-likeness (QED) is 0.578. The van der Waals surface area contributed by atoms with Crippen LogP contribution in [0.25, 0.3) is 0 Å². The van der Waals surface area contributed by atoms with E-state index in [4.69, 9.17) is 9.47 Å². The summed E-state index contributed by atoms with van der Waals surface area (Å²) in [5.41, 5.74) is 1.82. The standard InChI is InChI=1S/C21H22N6O4/c1-14-18(22-21(29)31-13-16-6-4-3-5-7-16)19(28)27(14)20-23-24-25-26(20)12-15-8-10-17(30-2)11-9-15/h3-11,14,18H,12-13H2,1-2H3,(H,22,29)/t14-,18+/m1/s1. The molecule has 0 radical (unpaired) electrons. The van der Waals surface area contributed by atoms with E-state index in [0.29, 0.717) is 12.5 Å². The molecule has 1 saturated heterocycles. The molecule has 2 aromatic carbocycles. The van der Waals surface area contributed by atoms with Gasteiger partial charge in [0, 0.05) is 0 Å². The molecule has 2 amide bonds. The molecule has 10 nitrogen and oxygen atoms in total. The molecule has 0 spiro atoms. The summed E-state index contributed by atoms with van der Waals surface area (Å²) >= 11 is 0. The van der Waals surface area contributed by atoms with Crippen molar-refractivity contribution in [2.24, 2.45) is 0 Å². The number of ether oxygens (including phenoxy) is 2. The van der Waals surface area contributed by atoms with Crippen molar-refractivity contribution in [2.45, 2.75) is 32.2 Å². The lowest BCUT2D eigenvalue weighted by Crippen LogP contribution is -2.70. The third kappa shape index (κ3) is 4.32. The number of carbonyl (C=O) groups excluding carboxylic acids is 2. The number of benzene rings is 2. The van der Waals surface area contributed by atoms with Crippen LogP contribution in [-0.2, 0) is 22.7 Å². The number of tetrazole rings is 1. The van der Waals surface area contributed by atoms with Crippen molar-refractivity contribution in [3.63, 3.8) is 0 Å². The molecule has 3 aromatic rings. The highest BCUT2D eigenvalue weighted by Crippen LogP contribution is 2.26. The van der Waals surface area contributed by atoms with E-state index in [-0.39, 0.29) is 18.6 Å². The molecule has 1 fully saturated rings. The zero-order valence-electron chi connectivity index (χ0n) is 17.1. The second kappa shape index (κ2) is 8.82. The fourth-order valence-corrected chi connectivity index (χ4v) is 3.36. The molecule has 31 heavy (non-hydrogen) atoms. The van der Waals surface area contributed by atoms with Gasteiger partial charge >= 0.3 is 6.09 Å². The van der Waals surface area contributed by atoms with Crippen molar-refractivity contribution in [1.82, 2.24) is 25.5 Å². The largest absolute Gasteiger partial charge is 0.497 e. The zero-order chi connectivity index (χ0) is 21.8. The maximum Gasteiger partial charge on any atom is 0.408 e. The van der Waals surface area contributed by atoms with Gasteiger partial charge in [0.15, 0.2) is 0 Å². The van der Waals surface area contributed by atoms with Gasteiger partial charge < -0.3 is 14.8 Å². The van der Waals surface area contributed by atoms with Gasteiger partial charge in [-0.2, -0.15) is 0 Å². The van der Waals surface area contributed by atoms with Crippen molar-refractivity contribution >= 4 is 17.9 Å². The molecule has 4 rings (SSSR count). The Morgan fingerprint density at radius 2 is 1.84 bits per heavy atom. The Labute approximate surface area is 178 Å². The van der Waals surface area contributed by atoms with E-state index in [1.807, 2.05) is 61.5 Å². The maximum atomic E-state index is 12.7. The van der Waals surface area contributed by atoms with Crippen LogP contribution in [0, 0.1) is 0 Å². The molecular weight excluding hydrogens is 400 g/mol.